The molecule has 2 aliphatic rings. The van der Waals surface area contributed by atoms with E-state index in [4.69, 9.17) is 18.8 Å². The molecule has 1 atom stereocenters. The standard InChI is InChI=1S/C30H36N3O5P/c1-8-36-39(35,37-9-2)29(5,6)33(34)19-22-18-21-14-10-11-15-23(21)26-27(22)38-30(20-31-26)28(3,4)24-16-12-13-17-25(24)32(30)7/h10-20H,8-9H2,1-7H3/b33-19-. The molecule has 2 heterocycles. The van der Waals surface area contributed by atoms with Gasteiger partial charge in [-0.25, -0.2) is 0 Å². The van der Waals surface area contributed by atoms with Crippen molar-refractivity contribution in [2.45, 2.75) is 58.0 Å². The molecular weight excluding hydrogens is 513 g/mol. The lowest BCUT2D eigenvalue weighted by Crippen LogP contribution is -2.61. The van der Waals surface area contributed by atoms with E-state index in [-0.39, 0.29) is 13.2 Å². The molecule has 1 spiro atoms. The fourth-order valence-corrected chi connectivity index (χ4v) is 7.31. The molecule has 5 rings (SSSR count). The van der Waals surface area contributed by atoms with Crippen LogP contribution in [-0.4, -0.2) is 48.4 Å². The highest BCUT2D eigenvalue weighted by Crippen LogP contribution is 2.60. The van der Waals surface area contributed by atoms with Gasteiger partial charge in [0.25, 0.3) is 5.28 Å². The predicted molar refractivity (Wildman–Crippen MR) is 157 cm³/mol. The van der Waals surface area contributed by atoms with Crippen molar-refractivity contribution >= 4 is 42.2 Å². The number of nitrogens with zero attached hydrogens (tertiary/aromatic N) is 3. The molecule has 39 heavy (non-hydrogen) atoms. The molecule has 0 aromatic heterocycles. The van der Waals surface area contributed by atoms with Crippen molar-refractivity contribution in [3.63, 3.8) is 0 Å². The number of hydroxylamine groups is 1. The van der Waals surface area contributed by atoms with Gasteiger partial charge in [-0.3, -0.25) is 9.56 Å². The summed E-state index contributed by atoms with van der Waals surface area (Å²) >= 11 is 0. The van der Waals surface area contributed by atoms with Gasteiger partial charge in [-0.2, -0.15) is 4.74 Å². The Hall–Kier alpha value is -3.19. The van der Waals surface area contributed by atoms with Crippen molar-refractivity contribution in [2.75, 3.05) is 25.2 Å². The highest BCUT2D eigenvalue weighted by atomic mass is 31.2. The van der Waals surface area contributed by atoms with E-state index >= 15 is 0 Å². The monoisotopic (exact) mass is 549 g/mol. The van der Waals surface area contributed by atoms with Crippen molar-refractivity contribution in [1.29, 1.82) is 0 Å². The zero-order chi connectivity index (χ0) is 28.2. The number of likely N-dealkylation sites (N-methyl/N-ethyl adjacent to an activating group) is 1. The molecule has 206 valence electrons. The summed E-state index contributed by atoms with van der Waals surface area (Å²) in [6.07, 6.45) is 3.29. The Kier molecular flexibility index (Phi) is 6.65. The molecule has 0 N–H and O–H groups in total. The number of benzene rings is 3. The van der Waals surface area contributed by atoms with E-state index in [0.29, 0.717) is 21.7 Å². The molecule has 3 aromatic carbocycles. The van der Waals surface area contributed by atoms with Crippen LogP contribution in [0.4, 0.5) is 11.4 Å². The molecular formula is C30H36N3O5P. The van der Waals surface area contributed by atoms with Gasteiger partial charge in [0.05, 0.1) is 30.4 Å². The van der Waals surface area contributed by atoms with E-state index < -0.39 is 24.0 Å². The summed E-state index contributed by atoms with van der Waals surface area (Å²) in [4.78, 5) is 7.09. The first-order chi connectivity index (χ1) is 18.4. The second-order valence-electron chi connectivity index (χ2n) is 10.9. The highest BCUT2D eigenvalue weighted by Gasteiger charge is 2.59. The van der Waals surface area contributed by atoms with Crippen LogP contribution >= 0.6 is 7.60 Å². The molecule has 3 aromatic rings. The minimum Gasteiger partial charge on any atom is -0.623 e. The smallest absolute Gasteiger partial charge is 0.401 e. The van der Waals surface area contributed by atoms with Gasteiger partial charge in [-0.05, 0) is 50.8 Å². The van der Waals surface area contributed by atoms with Crippen molar-refractivity contribution in [2.24, 2.45) is 4.99 Å². The molecule has 1 unspecified atom stereocenters. The van der Waals surface area contributed by atoms with E-state index in [0.717, 1.165) is 22.0 Å². The molecule has 8 nitrogen and oxygen atoms in total. The van der Waals surface area contributed by atoms with E-state index in [1.165, 1.54) is 6.21 Å². The van der Waals surface area contributed by atoms with Crippen molar-refractivity contribution in [3.05, 3.63) is 70.9 Å². The Morgan fingerprint density at radius 3 is 2.41 bits per heavy atom. The van der Waals surface area contributed by atoms with Gasteiger partial charge < -0.3 is 23.9 Å². The number of aliphatic imine (C=N–C) groups is 1. The largest absolute Gasteiger partial charge is 0.623 e. The molecule has 0 amide bonds. The Morgan fingerprint density at radius 1 is 1.10 bits per heavy atom. The van der Waals surface area contributed by atoms with Crippen LogP contribution in [0.5, 0.6) is 5.75 Å². The maximum Gasteiger partial charge on any atom is 0.401 e. The van der Waals surface area contributed by atoms with E-state index in [9.17, 15) is 9.77 Å². The SMILES string of the molecule is CCOP(=O)(OCC)C(C)(C)/[N+]([O-])=C/c1cc2ccccc2c2c1OC1(C=N2)N(C)c2ccccc2C1(C)C. The normalized spacial score (nSPS) is 20.3. The molecule has 0 fully saturated rings. The van der Waals surface area contributed by atoms with Crippen molar-refractivity contribution < 1.29 is 23.1 Å². The predicted octanol–water partition coefficient (Wildman–Crippen LogP) is 6.99. The Morgan fingerprint density at radius 2 is 1.74 bits per heavy atom. The number of para-hydroxylation sites is 1. The number of fused-ring (bicyclic) bond motifs is 4. The first-order valence-corrected chi connectivity index (χ1v) is 14.8. The number of ether oxygens (including phenoxy) is 1. The zero-order valence-corrected chi connectivity index (χ0v) is 24.5. The fourth-order valence-electron chi connectivity index (χ4n) is 5.62. The van der Waals surface area contributed by atoms with Gasteiger partial charge in [-0.15, -0.1) is 0 Å². The maximum absolute atomic E-state index is 13.8. The first kappa shape index (κ1) is 27.4. The number of rotatable bonds is 7. The molecule has 0 radical (unpaired) electrons. The quantitative estimate of drug-likeness (QED) is 0.104. The van der Waals surface area contributed by atoms with Crippen LogP contribution in [0.3, 0.4) is 0 Å². The van der Waals surface area contributed by atoms with Gasteiger partial charge in [0, 0.05) is 32.0 Å². The van der Waals surface area contributed by atoms with E-state index in [1.54, 1.807) is 27.7 Å². The van der Waals surface area contributed by atoms with Crippen LogP contribution in [0, 0.1) is 5.21 Å². The van der Waals surface area contributed by atoms with E-state index in [1.807, 2.05) is 55.7 Å². The van der Waals surface area contributed by atoms with Crippen LogP contribution in [0.1, 0.15) is 52.7 Å². The Balaban J connectivity index is 1.70. The van der Waals surface area contributed by atoms with Crippen LogP contribution < -0.4 is 9.64 Å². The van der Waals surface area contributed by atoms with Gasteiger partial charge in [0.1, 0.15) is 5.69 Å². The second kappa shape index (κ2) is 9.47. The topological polar surface area (TPSA) is 86.4 Å². The van der Waals surface area contributed by atoms with Gasteiger partial charge >= 0.3 is 7.60 Å². The lowest BCUT2D eigenvalue weighted by Gasteiger charge is -2.45. The molecule has 0 aliphatic carbocycles. The van der Waals surface area contributed by atoms with Crippen LogP contribution in [-0.2, 0) is 19.0 Å². The Bertz CT molecular complexity index is 1540. The number of anilines is 1. The maximum atomic E-state index is 13.8. The lowest BCUT2D eigenvalue weighted by molar-refractivity contribution is -0.510. The van der Waals surface area contributed by atoms with Gasteiger partial charge in [-0.1, -0.05) is 42.5 Å². The molecule has 9 heteroatoms. The van der Waals surface area contributed by atoms with Crippen molar-refractivity contribution in [1.82, 2.24) is 0 Å². The summed E-state index contributed by atoms with van der Waals surface area (Å²) in [7, 11) is -1.79. The summed E-state index contributed by atoms with van der Waals surface area (Å²) in [6, 6.07) is 18.0. The van der Waals surface area contributed by atoms with Gasteiger partial charge in [0.2, 0.25) is 5.72 Å². The molecule has 2 aliphatic heterocycles. The van der Waals surface area contributed by atoms with E-state index in [2.05, 4.69) is 30.9 Å². The highest BCUT2D eigenvalue weighted by molar-refractivity contribution is 7.55. The summed E-state index contributed by atoms with van der Waals surface area (Å²) in [5.74, 6) is 0.489. The minimum absolute atomic E-state index is 0.155. The summed E-state index contributed by atoms with van der Waals surface area (Å²) in [5, 5.41) is 14.1. The van der Waals surface area contributed by atoms with Crippen LogP contribution in [0.2, 0.25) is 0 Å². The number of hydrogen-bond donors (Lipinski definition) is 0. The third-order valence-electron chi connectivity index (χ3n) is 8.03. The van der Waals surface area contributed by atoms with Gasteiger partial charge in [0.15, 0.2) is 12.0 Å². The lowest BCUT2D eigenvalue weighted by atomic mass is 9.77. The summed E-state index contributed by atoms with van der Waals surface area (Å²) in [6.45, 7) is 11.2. The van der Waals surface area contributed by atoms with Crippen molar-refractivity contribution in [3.8, 4) is 5.75 Å². The first-order valence-electron chi connectivity index (χ1n) is 13.3. The number of hydrogen-bond acceptors (Lipinski definition) is 7. The van der Waals surface area contributed by atoms with Crippen LogP contribution in [0.15, 0.2) is 59.6 Å². The average molecular weight is 550 g/mol. The molecule has 0 saturated carbocycles. The Labute approximate surface area is 230 Å². The molecule has 0 bridgehead atoms. The third kappa shape index (κ3) is 3.92. The fraction of sp³-hybridized carbons (Fsp3) is 0.400. The molecule has 0 saturated heterocycles. The summed E-state index contributed by atoms with van der Waals surface area (Å²) in [5.41, 5.74) is 2.00. The zero-order valence-electron chi connectivity index (χ0n) is 23.6. The second-order valence-corrected chi connectivity index (χ2v) is 13.5. The average Bonchev–Trinajstić information content (AvgIpc) is 3.07. The summed E-state index contributed by atoms with van der Waals surface area (Å²) < 4.78 is 32.4. The minimum atomic E-state index is -3.79. The third-order valence-corrected chi connectivity index (χ3v) is 10.8. The van der Waals surface area contributed by atoms with Crippen LogP contribution in [0.25, 0.3) is 10.8 Å².